The molecule has 0 aliphatic carbocycles. The van der Waals surface area contributed by atoms with E-state index in [0.29, 0.717) is 32.5 Å². The minimum atomic E-state index is -3.73. The Morgan fingerprint density at radius 1 is 0.882 bits per heavy atom. The molecule has 0 radical (unpaired) electrons. The lowest BCUT2D eigenvalue weighted by molar-refractivity contribution is 0.319. The van der Waals surface area contributed by atoms with Crippen LogP contribution in [0, 0.1) is 18.6 Å². The van der Waals surface area contributed by atoms with E-state index in [1.807, 2.05) is 18.2 Å². The predicted molar refractivity (Wildman–Crippen MR) is 129 cm³/mol. The second kappa shape index (κ2) is 8.96. The van der Waals surface area contributed by atoms with Gasteiger partial charge in [-0.15, -0.1) is 0 Å². The molecule has 1 aliphatic heterocycles. The number of aromatic nitrogens is 1. The van der Waals surface area contributed by atoms with Crippen LogP contribution in [-0.4, -0.2) is 30.4 Å². The molecule has 0 saturated carbocycles. The van der Waals surface area contributed by atoms with Crippen LogP contribution in [0.1, 0.15) is 35.6 Å². The van der Waals surface area contributed by atoms with Gasteiger partial charge in [0.05, 0.1) is 4.90 Å². The minimum absolute atomic E-state index is 0.00572. The summed E-state index contributed by atoms with van der Waals surface area (Å²) in [6, 6.07) is 20.0. The van der Waals surface area contributed by atoms with Gasteiger partial charge >= 0.3 is 0 Å². The van der Waals surface area contributed by atoms with Crippen LogP contribution in [0.15, 0.2) is 77.7 Å². The molecule has 3 aromatic carbocycles. The predicted octanol–water partition coefficient (Wildman–Crippen LogP) is 5.84. The Hall–Kier alpha value is -3.03. The fourth-order valence-corrected chi connectivity index (χ4v) is 6.66. The Morgan fingerprint density at radius 3 is 2.26 bits per heavy atom. The molecule has 1 fully saturated rings. The summed E-state index contributed by atoms with van der Waals surface area (Å²) in [5.41, 5.74) is 4.34. The van der Waals surface area contributed by atoms with Gasteiger partial charge < -0.3 is 4.57 Å². The van der Waals surface area contributed by atoms with Crippen molar-refractivity contribution in [1.82, 2.24) is 8.87 Å². The number of nitrogens with zero attached hydrogens (tertiary/aromatic N) is 2. The molecule has 0 amide bonds. The summed E-state index contributed by atoms with van der Waals surface area (Å²) in [7, 11) is -3.73. The topological polar surface area (TPSA) is 42.3 Å². The molecule has 176 valence electrons. The van der Waals surface area contributed by atoms with Crippen LogP contribution in [0.5, 0.6) is 0 Å². The molecule has 4 nitrogen and oxygen atoms in total. The molecule has 0 bridgehead atoms. The van der Waals surface area contributed by atoms with Crippen molar-refractivity contribution in [2.75, 3.05) is 13.1 Å². The van der Waals surface area contributed by atoms with Gasteiger partial charge in [-0.25, -0.2) is 17.2 Å². The fourth-order valence-electron chi connectivity index (χ4n) is 5.16. The van der Waals surface area contributed by atoms with Gasteiger partial charge in [0.1, 0.15) is 11.6 Å². The van der Waals surface area contributed by atoms with Gasteiger partial charge in [-0.2, -0.15) is 4.31 Å². The van der Waals surface area contributed by atoms with Crippen molar-refractivity contribution in [3.8, 4) is 0 Å². The maximum atomic E-state index is 13.8. The van der Waals surface area contributed by atoms with Crippen LogP contribution in [0.3, 0.4) is 0 Å². The molecule has 0 atom stereocenters. The molecular formula is C27H26F2N2O2S. The molecular weight excluding hydrogens is 454 g/mol. The van der Waals surface area contributed by atoms with E-state index >= 15 is 0 Å². The highest BCUT2D eigenvalue weighted by Gasteiger charge is 2.32. The number of hydrogen-bond acceptors (Lipinski definition) is 2. The molecule has 0 N–H and O–H groups in total. The maximum absolute atomic E-state index is 13.8. The first-order valence-electron chi connectivity index (χ1n) is 11.4. The molecule has 1 aromatic heterocycles. The Morgan fingerprint density at radius 2 is 1.56 bits per heavy atom. The Kier molecular flexibility index (Phi) is 6.00. The van der Waals surface area contributed by atoms with Crippen LogP contribution in [-0.2, 0) is 16.6 Å². The second-order valence-corrected chi connectivity index (χ2v) is 10.8. The number of halogens is 2. The van der Waals surface area contributed by atoms with E-state index in [-0.39, 0.29) is 16.6 Å². The lowest BCUT2D eigenvalue weighted by Crippen LogP contribution is -2.38. The van der Waals surface area contributed by atoms with Crippen LogP contribution in [0.4, 0.5) is 8.78 Å². The van der Waals surface area contributed by atoms with Crippen molar-refractivity contribution in [3.05, 3.63) is 101 Å². The Balaban J connectivity index is 1.43. The van der Waals surface area contributed by atoms with Crippen LogP contribution < -0.4 is 0 Å². The Bertz CT molecular complexity index is 1450. The largest absolute Gasteiger partial charge is 0.340 e. The first kappa shape index (κ1) is 22.7. The van der Waals surface area contributed by atoms with E-state index in [1.54, 1.807) is 12.1 Å². The average Bonchev–Trinajstić information content (AvgIpc) is 3.10. The lowest BCUT2D eigenvalue weighted by Gasteiger charge is -2.31. The second-order valence-electron chi connectivity index (χ2n) is 8.87. The number of sulfonamides is 1. The van der Waals surface area contributed by atoms with E-state index in [9.17, 15) is 17.2 Å². The first-order valence-corrected chi connectivity index (χ1v) is 12.9. The number of piperidine rings is 1. The van der Waals surface area contributed by atoms with E-state index in [4.69, 9.17) is 0 Å². The molecule has 1 aliphatic rings. The fraction of sp³-hybridized carbons (Fsp3) is 0.259. The van der Waals surface area contributed by atoms with Crippen molar-refractivity contribution in [3.63, 3.8) is 0 Å². The quantitative estimate of drug-likeness (QED) is 0.360. The number of hydrogen-bond donors (Lipinski definition) is 0. The van der Waals surface area contributed by atoms with Gasteiger partial charge in [0.15, 0.2) is 0 Å². The zero-order valence-corrected chi connectivity index (χ0v) is 19.7. The van der Waals surface area contributed by atoms with E-state index in [2.05, 4.69) is 23.6 Å². The van der Waals surface area contributed by atoms with Crippen molar-refractivity contribution in [2.45, 2.75) is 37.1 Å². The minimum Gasteiger partial charge on any atom is -0.340 e. The van der Waals surface area contributed by atoms with Gasteiger partial charge in [-0.3, -0.25) is 0 Å². The van der Waals surface area contributed by atoms with E-state index in [0.717, 1.165) is 28.2 Å². The van der Waals surface area contributed by atoms with Crippen molar-refractivity contribution < 1.29 is 17.2 Å². The van der Waals surface area contributed by atoms with Crippen LogP contribution in [0.25, 0.3) is 10.9 Å². The zero-order chi connectivity index (χ0) is 23.9. The monoisotopic (exact) mass is 480 g/mol. The molecule has 2 heterocycles. The molecule has 0 spiro atoms. The van der Waals surface area contributed by atoms with Gasteiger partial charge in [-0.1, -0.05) is 36.4 Å². The normalized spacial score (nSPS) is 15.7. The third-order valence-corrected chi connectivity index (χ3v) is 8.70. The standard InChI is InChI=1S/C27H26F2N2O2S/c1-19-27(21-12-14-30(15-13-21)34(32,33)24-9-5-8-23(29)17-24)25-10-2-3-11-26(25)31(19)18-20-6-4-7-22(28)16-20/h2-11,16-17,21H,12-15,18H2,1H3. The van der Waals surface area contributed by atoms with Crippen molar-refractivity contribution in [1.29, 1.82) is 0 Å². The summed E-state index contributed by atoms with van der Waals surface area (Å²) in [6.45, 7) is 3.42. The smallest absolute Gasteiger partial charge is 0.243 e. The highest BCUT2D eigenvalue weighted by molar-refractivity contribution is 7.89. The van der Waals surface area contributed by atoms with Gasteiger partial charge in [0, 0.05) is 36.2 Å². The maximum Gasteiger partial charge on any atom is 0.243 e. The molecule has 0 unspecified atom stereocenters. The van der Waals surface area contributed by atoms with E-state index < -0.39 is 15.8 Å². The van der Waals surface area contributed by atoms with E-state index in [1.165, 1.54) is 34.1 Å². The molecule has 5 rings (SSSR count). The molecule has 7 heteroatoms. The summed E-state index contributed by atoms with van der Waals surface area (Å²) in [4.78, 5) is -0.00572. The number of fused-ring (bicyclic) bond motifs is 1. The van der Waals surface area contributed by atoms with Gasteiger partial charge in [0.2, 0.25) is 10.0 Å². The summed E-state index contributed by atoms with van der Waals surface area (Å²) < 4.78 is 57.1. The van der Waals surface area contributed by atoms with Gasteiger partial charge in [-0.05, 0) is 73.2 Å². The summed E-state index contributed by atoms with van der Waals surface area (Å²) in [5.74, 6) is -0.603. The number of benzene rings is 3. The number of para-hydroxylation sites is 1. The summed E-state index contributed by atoms with van der Waals surface area (Å²) in [6.07, 6.45) is 1.37. The third kappa shape index (κ3) is 4.14. The number of rotatable bonds is 5. The van der Waals surface area contributed by atoms with Crippen LogP contribution >= 0.6 is 0 Å². The Labute approximate surface area is 198 Å². The lowest BCUT2D eigenvalue weighted by atomic mass is 9.88. The van der Waals surface area contributed by atoms with Crippen LogP contribution in [0.2, 0.25) is 0 Å². The summed E-state index contributed by atoms with van der Waals surface area (Å²) >= 11 is 0. The highest BCUT2D eigenvalue weighted by atomic mass is 32.2. The highest BCUT2D eigenvalue weighted by Crippen LogP contribution is 2.38. The SMILES string of the molecule is Cc1c(C2CCN(S(=O)(=O)c3cccc(F)c3)CC2)c2ccccc2n1Cc1cccc(F)c1. The average molecular weight is 481 g/mol. The summed E-state index contributed by atoms with van der Waals surface area (Å²) in [5, 5.41) is 1.16. The van der Waals surface area contributed by atoms with Crippen molar-refractivity contribution >= 4 is 20.9 Å². The van der Waals surface area contributed by atoms with Crippen molar-refractivity contribution in [2.24, 2.45) is 0 Å². The molecule has 4 aromatic rings. The third-order valence-electron chi connectivity index (χ3n) is 6.81. The molecule has 1 saturated heterocycles. The molecule has 34 heavy (non-hydrogen) atoms. The zero-order valence-electron chi connectivity index (χ0n) is 18.9. The first-order chi connectivity index (χ1) is 16.3. The van der Waals surface area contributed by atoms with Gasteiger partial charge in [0.25, 0.3) is 0 Å².